The van der Waals surface area contributed by atoms with Crippen LogP contribution in [-0.2, 0) is 0 Å². The van der Waals surface area contributed by atoms with E-state index in [1.807, 2.05) is 0 Å². The second-order valence-corrected chi connectivity index (χ2v) is 5.28. The van der Waals surface area contributed by atoms with Gasteiger partial charge in [-0.25, -0.2) is 0 Å². The van der Waals surface area contributed by atoms with E-state index in [0.29, 0.717) is 11.3 Å². The van der Waals surface area contributed by atoms with Gasteiger partial charge in [0.2, 0.25) is 0 Å². The maximum atomic E-state index is 4.31. The summed E-state index contributed by atoms with van der Waals surface area (Å²) in [7, 11) is 0. The van der Waals surface area contributed by atoms with E-state index in [9.17, 15) is 0 Å². The standard InChI is InChI=1S/C14H27/c1-4-5-7-10-14(13(2)3)11-8-6-9-12-14/h13H,2,4-12H2,1,3H3. The first-order valence-electron chi connectivity index (χ1n) is 6.54. The number of unbranched alkanes of at least 4 members (excludes halogenated alkanes) is 2. The number of rotatable bonds is 5. The van der Waals surface area contributed by atoms with Crippen molar-refractivity contribution >= 4 is 0 Å². The zero-order chi connectivity index (χ0) is 10.4. The van der Waals surface area contributed by atoms with Crippen LogP contribution in [0.4, 0.5) is 0 Å². The summed E-state index contributed by atoms with van der Waals surface area (Å²) < 4.78 is 0. The lowest BCUT2D eigenvalue weighted by molar-refractivity contribution is 0.115. The van der Waals surface area contributed by atoms with Crippen LogP contribution in [-0.4, -0.2) is 0 Å². The second-order valence-electron chi connectivity index (χ2n) is 5.28. The first-order valence-corrected chi connectivity index (χ1v) is 6.54. The Morgan fingerprint density at radius 2 is 1.79 bits per heavy atom. The average Bonchev–Trinajstić information content (AvgIpc) is 2.19. The molecule has 1 saturated carbocycles. The highest BCUT2D eigenvalue weighted by atomic mass is 14.4. The molecular formula is C14H27. The Balaban J connectivity index is 2.43. The molecular weight excluding hydrogens is 168 g/mol. The highest BCUT2D eigenvalue weighted by molar-refractivity contribution is 4.88. The van der Waals surface area contributed by atoms with Crippen LogP contribution in [0.5, 0.6) is 0 Å². The third-order valence-corrected chi connectivity index (χ3v) is 4.17. The fourth-order valence-corrected chi connectivity index (χ4v) is 2.97. The number of hydrogen-bond acceptors (Lipinski definition) is 0. The lowest BCUT2D eigenvalue weighted by Crippen LogP contribution is -2.30. The first kappa shape index (κ1) is 12.1. The summed E-state index contributed by atoms with van der Waals surface area (Å²) in [5.74, 6) is 0.652. The third-order valence-electron chi connectivity index (χ3n) is 4.17. The van der Waals surface area contributed by atoms with E-state index >= 15 is 0 Å². The van der Waals surface area contributed by atoms with Crippen molar-refractivity contribution in [3.8, 4) is 0 Å². The van der Waals surface area contributed by atoms with Crippen LogP contribution in [0, 0.1) is 18.3 Å². The monoisotopic (exact) mass is 195 g/mol. The highest BCUT2D eigenvalue weighted by Crippen LogP contribution is 2.46. The lowest BCUT2D eigenvalue weighted by Gasteiger charge is -2.41. The normalized spacial score (nSPS) is 21.4. The van der Waals surface area contributed by atoms with E-state index in [4.69, 9.17) is 0 Å². The topological polar surface area (TPSA) is 0 Å². The fourth-order valence-electron chi connectivity index (χ4n) is 2.97. The van der Waals surface area contributed by atoms with Gasteiger partial charge in [0.15, 0.2) is 0 Å². The van der Waals surface area contributed by atoms with Crippen molar-refractivity contribution in [3.63, 3.8) is 0 Å². The van der Waals surface area contributed by atoms with Gasteiger partial charge < -0.3 is 0 Å². The molecule has 1 radical (unpaired) electrons. The Kier molecular flexibility index (Phi) is 4.98. The molecule has 14 heavy (non-hydrogen) atoms. The van der Waals surface area contributed by atoms with Crippen LogP contribution in [0.25, 0.3) is 0 Å². The molecule has 0 aromatic rings. The van der Waals surface area contributed by atoms with Crippen LogP contribution >= 0.6 is 0 Å². The van der Waals surface area contributed by atoms with Gasteiger partial charge in [-0.15, -0.1) is 0 Å². The van der Waals surface area contributed by atoms with Crippen molar-refractivity contribution in [2.75, 3.05) is 0 Å². The van der Waals surface area contributed by atoms with E-state index in [2.05, 4.69) is 20.8 Å². The van der Waals surface area contributed by atoms with Crippen molar-refractivity contribution in [1.82, 2.24) is 0 Å². The van der Waals surface area contributed by atoms with E-state index in [0.717, 1.165) is 0 Å². The predicted molar refractivity (Wildman–Crippen MR) is 64.2 cm³/mol. The quantitative estimate of drug-likeness (QED) is 0.542. The Hall–Kier alpha value is 0. The molecule has 1 atom stereocenters. The van der Waals surface area contributed by atoms with Gasteiger partial charge in [-0.05, 0) is 37.5 Å². The maximum absolute atomic E-state index is 4.31. The van der Waals surface area contributed by atoms with Crippen LogP contribution < -0.4 is 0 Å². The molecule has 0 saturated heterocycles. The minimum absolute atomic E-state index is 0.618. The van der Waals surface area contributed by atoms with Gasteiger partial charge >= 0.3 is 0 Å². The Labute approximate surface area is 90.5 Å². The molecule has 0 aliphatic heterocycles. The van der Waals surface area contributed by atoms with Crippen LogP contribution in [0.2, 0.25) is 0 Å². The second kappa shape index (κ2) is 5.78. The summed E-state index contributed by atoms with van der Waals surface area (Å²) >= 11 is 0. The zero-order valence-electron chi connectivity index (χ0n) is 10.1. The zero-order valence-corrected chi connectivity index (χ0v) is 10.1. The van der Waals surface area contributed by atoms with Gasteiger partial charge in [0.1, 0.15) is 0 Å². The molecule has 1 aliphatic rings. The van der Waals surface area contributed by atoms with Gasteiger partial charge in [0.05, 0.1) is 0 Å². The molecule has 83 valence electrons. The summed E-state index contributed by atoms with van der Waals surface area (Å²) in [6.45, 7) is 8.94. The van der Waals surface area contributed by atoms with Gasteiger partial charge in [-0.1, -0.05) is 52.4 Å². The molecule has 0 bridgehead atoms. The SMILES string of the molecule is [CH2]C(C)C1(CCCCC)CCCCC1. The van der Waals surface area contributed by atoms with Crippen molar-refractivity contribution in [2.24, 2.45) is 11.3 Å². The van der Waals surface area contributed by atoms with Crippen LogP contribution in [0.3, 0.4) is 0 Å². The molecule has 0 aromatic carbocycles. The summed E-state index contributed by atoms with van der Waals surface area (Å²) in [5, 5.41) is 0. The molecule has 1 aliphatic carbocycles. The largest absolute Gasteiger partial charge is 0.0654 e. The van der Waals surface area contributed by atoms with Crippen molar-refractivity contribution in [1.29, 1.82) is 0 Å². The predicted octanol–water partition coefficient (Wildman–Crippen LogP) is 4.99. The molecule has 0 heteroatoms. The van der Waals surface area contributed by atoms with Gasteiger partial charge in [0.25, 0.3) is 0 Å². The molecule has 0 amide bonds. The molecule has 0 spiro atoms. The highest BCUT2D eigenvalue weighted by Gasteiger charge is 2.34. The van der Waals surface area contributed by atoms with E-state index in [-0.39, 0.29) is 0 Å². The smallest absolute Gasteiger partial charge is 0.0272 e. The van der Waals surface area contributed by atoms with Crippen molar-refractivity contribution in [3.05, 3.63) is 6.92 Å². The van der Waals surface area contributed by atoms with Crippen LogP contribution in [0.15, 0.2) is 0 Å². The number of hydrogen-bond donors (Lipinski definition) is 0. The summed E-state index contributed by atoms with van der Waals surface area (Å²) in [4.78, 5) is 0. The van der Waals surface area contributed by atoms with Crippen LogP contribution in [0.1, 0.15) is 71.6 Å². The summed E-state index contributed by atoms with van der Waals surface area (Å²) in [5.41, 5.74) is 0.618. The van der Waals surface area contributed by atoms with E-state index in [1.54, 1.807) is 0 Å². The lowest BCUT2D eigenvalue weighted by atomic mass is 9.64. The molecule has 1 fully saturated rings. The molecule has 0 nitrogen and oxygen atoms in total. The van der Waals surface area contributed by atoms with Gasteiger partial charge in [-0.2, -0.15) is 0 Å². The van der Waals surface area contributed by atoms with E-state index in [1.165, 1.54) is 57.8 Å². The minimum atomic E-state index is 0.618. The molecule has 0 heterocycles. The molecule has 1 unspecified atom stereocenters. The summed E-state index contributed by atoms with van der Waals surface area (Å²) in [6.07, 6.45) is 12.9. The Morgan fingerprint density at radius 3 is 2.29 bits per heavy atom. The minimum Gasteiger partial charge on any atom is -0.0654 e. The Morgan fingerprint density at radius 1 is 1.14 bits per heavy atom. The Bertz CT molecular complexity index is 140. The molecule has 1 rings (SSSR count). The molecule has 0 aromatic heterocycles. The average molecular weight is 195 g/mol. The molecule has 0 N–H and O–H groups in total. The summed E-state index contributed by atoms with van der Waals surface area (Å²) in [6, 6.07) is 0. The first-order chi connectivity index (χ1) is 6.71. The fraction of sp³-hybridized carbons (Fsp3) is 0.929. The van der Waals surface area contributed by atoms with Gasteiger partial charge in [-0.3, -0.25) is 0 Å². The van der Waals surface area contributed by atoms with Gasteiger partial charge in [0, 0.05) is 0 Å². The van der Waals surface area contributed by atoms with E-state index < -0.39 is 0 Å². The van der Waals surface area contributed by atoms with Crippen molar-refractivity contribution < 1.29 is 0 Å². The van der Waals surface area contributed by atoms with Crippen molar-refractivity contribution in [2.45, 2.75) is 71.6 Å². The third kappa shape index (κ3) is 3.00. The maximum Gasteiger partial charge on any atom is -0.0272 e.